The van der Waals surface area contributed by atoms with Crippen LogP contribution in [0.25, 0.3) is 10.8 Å². The Labute approximate surface area is 117 Å². The van der Waals surface area contributed by atoms with Crippen LogP contribution in [0.3, 0.4) is 0 Å². The molecule has 0 aliphatic rings. The molecule has 0 atom stereocenters. The van der Waals surface area contributed by atoms with Crippen molar-refractivity contribution in [3.05, 3.63) is 47.5 Å². The Hall–Kier alpha value is -2.36. The maximum Gasteiger partial charge on any atom is 0.338 e. The van der Waals surface area contributed by atoms with Crippen LogP contribution in [0.5, 0.6) is 0 Å². The number of hydrogen-bond acceptors (Lipinski definition) is 3. The van der Waals surface area contributed by atoms with Crippen molar-refractivity contribution in [2.75, 3.05) is 6.61 Å². The lowest BCUT2D eigenvalue weighted by Crippen LogP contribution is -2.07. The average Bonchev–Trinajstić information content (AvgIpc) is 2.46. The summed E-state index contributed by atoms with van der Waals surface area (Å²) in [5.74, 6) is -1.42. The predicted octanol–water partition coefficient (Wildman–Crippen LogP) is 3.49. The largest absolute Gasteiger partial charge is 0.478 e. The van der Waals surface area contributed by atoms with Crippen molar-refractivity contribution in [3.63, 3.8) is 0 Å². The minimum Gasteiger partial charge on any atom is -0.478 e. The quantitative estimate of drug-likeness (QED) is 0.668. The molecular formula is C16H16O4. The molecule has 4 heteroatoms. The third kappa shape index (κ3) is 2.79. The standard InChI is InChI=1S/C16H16O4/c1-2-3-10-20-16(19)14-9-5-6-11-12(14)7-4-8-13(11)15(17)18/h4-9H,2-3,10H2,1H3,(H,17,18). The third-order valence-corrected chi connectivity index (χ3v) is 3.10. The van der Waals surface area contributed by atoms with Crippen LogP contribution >= 0.6 is 0 Å². The van der Waals surface area contributed by atoms with E-state index >= 15 is 0 Å². The fourth-order valence-corrected chi connectivity index (χ4v) is 2.06. The highest BCUT2D eigenvalue weighted by Gasteiger charge is 2.14. The van der Waals surface area contributed by atoms with Crippen LogP contribution in [-0.2, 0) is 4.74 Å². The molecule has 0 fully saturated rings. The molecule has 2 aromatic carbocycles. The lowest BCUT2D eigenvalue weighted by molar-refractivity contribution is 0.0501. The van der Waals surface area contributed by atoms with Crippen LogP contribution in [0.15, 0.2) is 36.4 Å². The number of hydrogen-bond donors (Lipinski definition) is 1. The van der Waals surface area contributed by atoms with E-state index in [1.807, 2.05) is 6.92 Å². The van der Waals surface area contributed by atoms with Crippen LogP contribution in [-0.4, -0.2) is 23.7 Å². The second kappa shape index (κ2) is 6.19. The number of carboxylic acids is 1. The van der Waals surface area contributed by atoms with E-state index in [2.05, 4.69) is 0 Å². The highest BCUT2D eigenvalue weighted by molar-refractivity contribution is 6.10. The molecule has 0 aliphatic carbocycles. The summed E-state index contributed by atoms with van der Waals surface area (Å²) in [5, 5.41) is 10.3. The molecule has 20 heavy (non-hydrogen) atoms. The van der Waals surface area contributed by atoms with Gasteiger partial charge in [0, 0.05) is 0 Å². The highest BCUT2D eigenvalue weighted by atomic mass is 16.5. The van der Waals surface area contributed by atoms with E-state index in [-0.39, 0.29) is 5.56 Å². The molecule has 0 radical (unpaired) electrons. The number of fused-ring (bicyclic) bond motifs is 1. The molecule has 0 spiro atoms. The van der Waals surface area contributed by atoms with Gasteiger partial charge in [0.05, 0.1) is 17.7 Å². The highest BCUT2D eigenvalue weighted by Crippen LogP contribution is 2.23. The monoisotopic (exact) mass is 272 g/mol. The van der Waals surface area contributed by atoms with Crippen LogP contribution in [0.4, 0.5) is 0 Å². The SMILES string of the molecule is CCCCOC(=O)c1cccc2c(C(=O)O)cccc12. The van der Waals surface area contributed by atoms with Crippen LogP contribution in [0.1, 0.15) is 40.5 Å². The first kappa shape index (κ1) is 14.1. The second-order valence-corrected chi connectivity index (χ2v) is 4.50. The summed E-state index contributed by atoms with van der Waals surface area (Å²) in [5.41, 5.74) is 0.590. The Kier molecular flexibility index (Phi) is 4.35. The number of carbonyl (C=O) groups is 2. The molecule has 2 rings (SSSR count). The maximum atomic E-state index is 12.0. The summed E-state index contributed by atoms with van der Waals surface area (Å²) in [7, 11) is 0. The fraction of sp³-hybridized carbons (Fsp3) is 0.250. The van der Waals surface area contributed by atoms with Crippen molar-refractivity contribution in [3.8, 4) is 0 Å². The van der Waals surface area contributed by atoms with E-state index in [0.717, 1.165) is 12.8 Å². The summed E-state index contributed by atoms with van der Waals surface area (Å²) in [6.45, 7) is 2.40. The predicted molar refractivity (Wildman–Crippen MR) is 76.1 cm³/mol. The van der Waals surface area contributed by atoms with Gasteiger partial charge in [-0.2, -0.15) is 0 Å². The van der Waals surface area contributed by atoms with Crippen molar-refractivity contribution in [2.45, 2.75) is 19.8 Å². The van der Waals surface area contributed by atoms with Gasteiger partial charge >= 0.3 is 11.9 Å². The van der Waals surface area contributed by atoms with E-state index in [1.54, 1.807) is 30.3 Å². The number of benzene rings is 2. The molecule has 0 saturated carbocycles. The molecule has 0 saturated heterocycles. The summed E-state index contributed by atoms with van der Waals surface area (Å²) < 4.78 is 5.19. The minimum absolute atomic E-state index is 0.186. The van der Waals surface area contributed by atoms with Gasteiger partial charge in [0.15, 0.2) is 0 Å². The van der Waals surface area contributed by atoms with Crippen LogP contribution < -0.4 is 0 Å². The molecule has 0 unspecified atom stereocenters. The van der Waals surface area contributed by atoms with Crippen LogP contribution in [0.2, 0.25) is 0 Å². The van der Waals surface area contributed by atoms with Crippen molar-refractivity contribution < 1.29 is 19.4 Å². The molecule has 0 bridgehead atoms. The number of carboxylic acid groups (broad SMARTS) is 1. The van der Waals surface area contributed by atoms with E-state index < -0.39 is 11.9 Å². The summed E-state index contributed by atoms with van der Waals surface area (Å²) in [6.07, 6.45) is 1.77. The van der Waals surface area contributed by atoms with E-state index in [4.69, 9.17) is 9.84 Å². The van der Waals surface area contributed by atoms with E-state index in [1.165, 1.54) is 6.07 Å². The Balaban J connectivity index is 2.42. The first-order chi connectivity index (χ1) is 9.65. The summed E-state index contributed by atoms with van der Waals surface area (Å²) in [4.78, 5) is 23.2. The first-order valence-electron chi connectivity index (χ1n) is 6.57. The first-order valence-corrected chi connectivity index (χ1v) is 6.57. The van der Waals surface area contributed by atoms with E-state index in [9.17, 15) is 9.59 Å². The number of esters is 1. The normalized spacial score (nSPS) is 10.4. The lowest BCUT2D eigenvalue weighted by atomic mass is 10.00. The van der Waals surface area contributed by atoms with Gasteiger partial charge in [0.25, 0.3) is 0 Å². The van der Waals surface area contributed by atoms with Crippen molar-refractivity contribution >= 4 is 22.7 Å². The number of rotatable bonds is 5. The Morgan fingerprint density at radius 2 is 1.65 bits per heavy atom. The zero-order chi connectivity index (χ0) is 14.5. The van der Waals surface area contributed by atoms with Gasteiger partial charge in [-0.15, -0.1) is 0 Å². The molecule has 0 aromatic heterocycles. The molecule has 0 amide bonds. The zero-order valence-electron chi connectivity index (χ0n) is 11.3. The van der Waals surface area contributed by atoms with E-state index in [0.29, 0.717) is 22.9 Å². The van der Waals surface area contributed by atoms with Crippen molar-refractivity contribution in [1.29, 1.82) is 0 Å². The summed E-state index contributed by atoms with van der Waals surface area (Å²) >= 11 is 0. The molecule has 1 N–H and O–H groups in total. The number of carbonyl (C=O) groups excluding carboxylic acids is 1. The van der Waals surface area contributed by atoms with Gasteiger partial charge in [-0.3, -0.25) is 0 Å². The van der Waals surface area contributed by atoms with Gasteiger partial charge in [-0.1, -0.05) is 37.6 Å². The molecule has 104 valence electrons. The second-order valence-electron chi connectivity index (χ2n) is 4.50. The Bertz CT molecular complexity index is 646. The minimum atomic E-state index is -1.01. The van der Waals surface area contributed by atoms with Crippen LogP contribution in [0, 0.1) is 0 Å². The van der Waals surface area contributed by atoms with Gasteiger partial charge in [-0.25, -0.2) is 9.59 Å². The zero-order valence-corrected chi connectivity index (χ0v) is 11.3. The van der Waals surface area contributed by atoms with Crippen molar-refractivity contribution in [2.24, 2.45) is 0 Å². The number of aromatic carboxylic acids is 1. The Morgan fingerprint density at radius 3 is 2.25 bits per heavy atom. The van der Waals surface area contributed by atoms with Crippen molar-refractivity contribution in [1.82, 2.24) is 0 Å². The number of unbranched alkanes of at least 4 members (excludes halogenated alkanes) is 1. The van der Waals surface area contributed by atoms with Gasteiger partial charge < -0.3 is 9.84 Å². The van der Waals surface area contributed by atoms with Gasteiger partial charge in [-0.05, 0) is 29.3 Å². The number of ether oxygens (including phenoxy) is 1. The lowest BCUT2D eigenvalue weighted by Gasteiger charge is -2.08. The maximum absolute atomic E-state index is 12.0. The third-order valence-electron chi connectivity index (χ3n) is 3.10. The fourth-order valence-electron chi connectivity index (χ4n) is 2.06. The van der Waals surface area contributed by atoms with Gasteiger partial charge in [0.2, 0.25) is 0 Å². The average molecular weight is 272 g/mol. The molecular weight excluding hydrogens is 256 g/mol. The molecule has 2 aromatic rings. The smallest absolute Gasteiger partial charge is 0.338 e. The topological polar surface area (TPSA) is 63.6 Å². The molecule has 0 aliphatic heterocycles. The Morgan fingerprint density at radius 1 is 1.05 bits per heavy atom. The van der Waals surface area contributed by atoms with Gasteiger partial charge in [0.1, 0.15) is 0 Å². The summed E-state index contributed by atoms with van der Waals surface area (Å²) in [6, 6.07) is 9.92. The molecule has 4 nitrogen and oxygen atoms in total. The molecule has 0 heterocycles.